The lowest BCUT2D eigenvalue weighted by molar-refractivity contribution is 0.104. The Kier molecular flexibility index (Phi) is 5.11. The molecule has 0 aliphatic carbocycles. The summed E-state index contributed by atoms with van der Waals surface area (Å²) in [5.41, 5.74) is 1.05. The van der Waals surface area contributed by atoms with E-state index in [4.69, 9.17) is 27.9 Å². The van der Waals surface area contributed by atoms with Crippen molar-refractivity contribution in [1.29, 1.82) is 0 Å². The minimum absolute atomic E-state index is 0.442. The van der Waals surface area contributed by atoms with E-state index in [9.17, 15) is 0 Å². The average Bonchev–Trinajstić information content (AvgIpc) is 2.82. The predicted molar refractivity (Wildman–Crippen MR) is 71.8 cm³/mol. The van der Waals surface area contributed by atoms with Gasteiger partial charge in [-0.2, -0.15) is 0 Å². The van der Waals surface area contributed by atoms with Gasteiger partial charge in [-0.25, -0.2) is 0 Å². The van der Waals surface area contributed by atoms with Crippen molar-refractivity contribution in [2.45, 2.75) is 31.9 Å². The lowest BCUT2D eigenvalue weighted by Crippen LogP contribution is -2.20. The largest absolute Gasteiger partial charge is 0.378 e. The molecule has 1 heterocycles. The number of hydrogen-bond donors (Lipinski definition) is 1. The SMILES string of the molecule is Clc1ccc(Cl)c(CNCCC2CCCO2)c1. The van der Waals surface area contributed by atoms with E-state index in [1.807, 2.05) is 12.1 Å². The molecule has 1 aliphatic heterocycles. The summed E-state index contributed by atoms with van der Waals surface area (Å²) < 4.78 is 5.56. The Morgan fingerprint density at radius 1 is 1.35 bits per heavy atom. The third-order valence-electron chi connectivity index (χ3n) is 2.99. The number of rotatable bonds is 5. The van der Waals surface area contributed by atoms with Gasteiger partial charge in [0, 0.05) is 23.2 Å². The van der Waals surface area contributed by atoms with Crippen LogP contribution in [0.2, 0.25) is 10.0 Å². The number of nitrogens with one attached hydrogen (secondary N) is 1. The molecule has 2 rings (SSSR count). The summed E-state index contributed by atoms with van der Waals surface area (Å²) in [6.45, 7) is 2.63. The molecule has 94 valence electrons. The molecule has 1 saturated heterocycles. The van der Waals surface area contributed by atoms with Crippen LogP contribution in [0.5, 0.6) is 0 Å². The van der Waals surface area contributed by atoms with E-state index in [2.05, 4.69) is 5.32 Å². The molecule has 0 saturated carbocycles. The summed E-state index contributed by atoms with van der Waals surface area (Å²) in [4.78, 5) is 0. The predicted octanol–water partition coefficient (Wildman–Crippen LogP) is 3.65. The molecule has 1 aliphatic rings. The van der Waals surface area contributed by atoms with Crippen LogP contribution in [0.15, 0.2) is 18.2 Å². The summed E-state index contributed by atoms with van der Waals surface area (Å²) in [7, 11) is 0. The van der Waals surface area contributed by atoms with Crippen LogP contribution < -0.4 is 5.32 Å². The average molecular weight is 274 g/mol. The summed E-state index contributed by atoms with van der Waals surface area (Å²) in [6.07, 6.45) is 3.90. The van der Waals surface area contributed by atoms with E-state index in [1.54, 1.807) is 6.07 Å². The zero-order chi connectivity index (χ0) is 12.1. The first kappa shape index (κ1) is 13.2. The molecule has 0 bridgehead atoms. The number of ether oxygens (including phenoxy) is 1. The van der Waals surface area contributed by atoms with Crippen LogP contribution in [-0.2, 0) is 11.3 Å². The van der Waals surface area contributed by atoms with Crippen molar-refractivity contribution >= 4 is 23.2 Å². The molecule has 17 heavy (non-hydrogen) atoms. The second-order valence-corrected chi connectivity index (χ2v) is 5.18. The molecule has 0 radical (unpaired) electrons. The van der Waals surface area contributed by atoms with E-state index < -0.39 is 0 Å². The highest BCUT2D eigenvalue weighted by Crippen LogP contribution is 2.20. The van der Waals surface area contributed by atoms with Gasteiger partial charge in [-0.3, -0.25) is 0 Å². The van der Waals surface area contributed by atoms with E-state index in [0.29, 0.717) is 6.10 Å². The van der Waals surface area contributed by atoms with Gasteiger partial charge in [0.05, 0.1) is 6.10 Å². The fraction of sp³-hybridized carbons (Fsp3) is 0.538. The number of halogens is 2. The van der Waals surface area contributed by atoms with Crippen molar-refractivity contribution in [3.05, 3.63) is 33.8 Å². The van der Waals surface area contributed by atoms with E-state index in [-0.39, 0.29) is 0 Å². The number of hydrogen-bond acceptors (Lipinski definition) is 2. The van der Waals surface area contributed by atoms with E-state index in [0.717, 1.165) is 41.7 Å². The van der Waals surface area contributed by atoms with Crippen LogP contribution in [0.3, 0.4) is 0 Å². The Balaban J connectivity index is 1.72. The number of benzene rings is 1. The van der Waals surface area contributed by atoms with Crippen LogP contribution in [0.25, 0.3) is 0 Å². The first-order valence-corrected chi connectivity index (χ1v) is 6.77. The molecule has 2 nitrogen and oxygen atoms in total. The standard InChI is InChI=1S/C13H17Cl2NO/c14-11-3-4-13(15)10(8-11)9-16-6-5-12-2-1-7-17-12/h3-4,8,12,16H,1-2,5-7,9H2. The summed E-state index contributed by atoms with van der Waals surface area (Å²) in [5.74, 6) is 0. The Hall–Kier alpha value is -0.280. The Bertz CT molecular complexity index is 364. The first-order valence-electron chi connectivity index (χ1n) is 6.02. The van der Waals surface area contributed by atoms with Gasteiger partial charge in [0.2, 0.25) is 0 Å². The monoisotopic (exact) mass is 273 g/mol. The van der Waals surface area contributed by atoms with Crippen molar-refractivity contribution < 1.29 is 4.74 Å². The maximum absolute atomic E-state index is 6.08. The summed E-state index contributed by atoms with van der Waals surface area (Å²) in [6, 6.07) is 5.55. The van der Waals surface area contributed by atoms with Gasteiger partial charge in [0.25, 0.3) is 0 Å². The first-order chi connectivity index (χ1) is 8.25. The fourth-order valence-corrected chi connectivity index (χ4v) is 2.42. The van der Waals surface area contributed by atoms with Crippen molar-refractivity contribution in [3.63, 3.8) is 0 Å². The van der Waals surface area contributed by atoms with Crippen LogP contribution in [0, 0.1) is 0 Å². The van der Waals surface area contributed by atoms with Crippen molar-refractivity contribution in [3.8, 4) is 0 Å². The second kappa shape index (κ2) is 6.60. The van der Waals surface area contributed by atoms with E-state index >= 15 is 0 Å². The molecule has 0 aromatic heterocycles. The van der Waals surface area contributed by atoms with Crippen LogP contribution in [0.4, 0.5) is 0 Å². The molecule has 1 fully saturated rings. The van der Waals surface area contributed by atoms with Crippen molar-refractivity contribution in [2.75, 3.05) is 13.2 Å². The van der Waals surface area contributed by atoms with Gasteiger partial charge < -0.3 is 10.1 Å². The molecular formula is C13H17Cl2NO. The van der Waals surface area contributed by atoms with Gasteiger partial charge in [-0.1, -0.05) is 23.2 Å². The van der Waals surface area contributed by atoms with Gasteiger partial charge in [-0.05, 0) is 49.6 Å². The minimum Gasteiger partial charge on any atom is -0.378 e. The van der Waals surface area contributed by atoms with Crippen LogP contribution >= 0.6 is 23.2 Å². The van der Waals surface area contributed by atoms with Gasteiger partial charge in [-0.15, -0.1) is 0 Å². The smallest absolute Gasteiger partial charge is 0.0588 e. The molecular weight excluding hydrogens is 257 g/mol. The highest BCUT2D eigenvalue weighted by Gasteiger charge is 2.14. The molecule has 1 atom stereocenters. The third kappa shape index (κ3) is 4.14. The maximum Gasteiger partial charge on any atom is 0.0588 e. The Morgan fingerprint density at radius 3 is 3.00 bits per heavy atom. The van der Waals surface area contributed by atoms with Crippen molar-refractivity contribution in [1.82, 2.24) is 5.32 Å². The molecule has 4 heteroatoms. The molecule has 1 aromatic carbocycles. The molecule has 1 N–H and O–H groups in total. The maximum atomic E-state index is 6.08. The van der Waals surface area contributed by atoms with Gasteiger partial charge in [0.15, 0.2) is 0 Å². The lowest BCUT2D eigenvalue weighted by Gasteiger charge is -2.10. The highest BCUT2D eigenvalue weighted by atomic mass is 35.5. The highest BCUT2D eigenvalue weighted by molar-refractivity contribution is 6.33. The quantitative estimate of drug-likeness (QED) is 0.827. The van der Waals surface area contributed by atoms with Crippen LogP contribution in [-0.4, -0.2) is 19.3 Å². The lowest BCUT2D eigenvalue weighted by atomic mass is 10.2. The van der Waals surface area contributed by atoms with Gasteiger partial charge in [0.1, 0.15) is 0 Å². The molecule has 0 spiro atoms. The minimum atomic E-state index is 0.442. The zero-order valence-corrected chi connectivity index (χ0v) is 11.2. The Morgan fingerprint density at radius 2 is 2.24 bits per heavy atom. The van der Waals surface area contributed by atoms with Crippen LogP contribution in [0.1, 0.15) is 24.8 Å². The van der Waals surface area contributed by atoms with Gasteiger partial charge >= 0.3 is 0 Å². The molecule has 1 unspecified atom stereocenters. The summed E-state index contributed by atoms with van der Waals surface area (Å²) in [5, 5.41) is 4.86. The normalized spacial score (nSPS) is 19.8. The topological polar surface area (TPSA) is 21.3 Å². The zero-order valence-electron chi connectivity index (χ0n) is 9.72. The van der Waals surface area contributed by atoms with Crippen molar-refractivity contribution in [2.24, 2.45) is 0 Å². The molecule has 1 aromatic rings. The Labute approximate surface area is 112 Å². The van der Waals surface area contributed by atoms with E-state index in [1.165, 1.54) is 12.8 Å². The summed E-state index contributed by atoms with van der Waals surface area (Å²) >= 11 is 12.0. The second-order valence-electron chi connectivity index (χ2n) is 4.34. The third-order valence-corrected chi connectivity index (χ3v) is 3.59. The molecule has 0 amide bonds. The fourth-order valence-electron chi connectivity index (χ4n) is 2.04.